The summed E-state index contributed by atoms with van der Waals surface area (Å²) < 4.78 is 11.5. The van der Waals surface area contributed by atoms with Gasteiger partial charge in [-0.15, -0.1) is 0 Å². The van der Waals surface area contributed by atoms with Crippen molar-refractivity contribution in [3.63, 3.8) is 0 Å². The van der Waals surface area contributed by atoms with Crippen molar-refractivity contribution in [1.29, 1.82) is 5.41 Å². The average molecular weight is 521 g/mol. The molecule has 0 saturated carbocycles. The Morgan fingerprint density at radius 2 is 1.89 bits per heavy atom. The molecule has 2 aromatic rings. The maximum absolute atomic E-state index is 13.6. The van der Waals surface area contributed by atoms with E-state index in [1.54, 1.807) is 42.2 Å². The van der Waals surface area contributed by atoms with Crippen LogP contribution in [0, 0.1) is 5.41 Å². The van der Waals surface area contributed by atoms with Gasteiger partial charge < -0.3 is 24.6 Å². The fraction of sp³-hybridized carbons (Fsp3) is 0.448. The average Bonchev–Trinajstić information content (AvgIpc) is 3.44. The van der Waals surface area contributed by atoms with Crippen LogP contribution in [-0.2, 0) is 16.8 Å². The number of ketones is 1. The Bertz CT molecular complexity index is 1310. The monoisotopic (exact) mass is 520 g/mol. The van der Waals surface area contributed by atoms with Crippen molar-refractivity contribution in [3.8, 4) is 11.5 Å². The number of anilines is 1. The third-order valence-corrected chi connectivity index (χ3v) is 7.01. The Kier molecular flexibility index (Phi) is 7.49. The molecule has 0 atom stereocenters. The zero-order valence-corrected chi connectivity index (χ0v) is 23.0. The number of methoxy groups -OCH3 is 1. The first-order chi connectivity index (χ1) is 18.0. The maximum atomic E-state index is 13.6. The highest BCUT2D eigenvalue weighted by Gasteiger charge is 2.33. The van der Waals surface area contributed by atoms with Crippen molar-refractivity contribution >= 4 is 29.1 Å². The first kappa shape index (κ1) is 27.2. The van der Waals surface area contributed by atoms with E-state index in [0.717, 1.165) is 17.5 Å². The van der Waals surface area contributed by atoms with Crippen LogP contribution >= 0.6 is 0 Å². The summed E-state index contributed by atoms with van der Waals surface area (Å²) in [6, 6.07) is 7.02. The molecule has 0 unspecified atom stereocenters. The molecule has 0 radical (unpaired) electrons. The number of benzene rings is 2. The predicted molar refractivity (Wildman–Crippen MR) is 146 cm³/mol. The second kappa shape index (κ2) is 10.5. The van der Waals surface area contributed by atoms with E-state index in [2.05, 4.69) is 5.32 Å². The van der Waals surface area contributed by atoms with E-state index in [0.29, 0.717) is 60.0 Å². The number of nitrogens with one attached hydrogen (secondary N) is 2. The number of amidine groups is 1. The Morgan fingerprint density at radius 1 is 1.16 bits per heavy atom. The molecule has 2 amide bonds. The van der Waals surface area contributed by atoms with Gasteiger partial charge in [-0.2, -0.15) is 0 Å². The topological polar surface area (TPSA) is 112 Å². The smallest absolute Gasteiger partial charge is 0.254 e. The molecule has 2 aliphatic heterocycles. The second-order valence-electron chi connectivity index (χ2n) is 10.6. The lowest BCUT2D eigenvalue weighted by atomic mass is 9.84. The third-order valence-electron chi connectivity index (χ3n) is 7.01. The molecular weight excluding hydrogens is 484 g/mol. The van der Waals surface area contributed by atoms with Gasteiger partial charge in [-0.05, 0) is 48.6 Å². The Morgan fingerprint density at radius 3 is 2.47 bits per heavy atom. The molecular formula is C29H36N4O5. The number of hydrogen-bond acceptors (Lipinski definition) is 6. The minimum absolute atomic E-state index is 0.0153. The lowest BCUT2D eigenvalue weighted by Crippen LogP contribution is -2.31. The first-order valence-electron chi connectivity index (χ1n) is 12.9. The van der Waals surface area contributed by atoms with Gasteiger partial charge in [0.15, 0.2) is 5.78 Å². The number of ether oxygens (including phenoxy) is 2. The predicted octanol–water partition coefficient (Wildman–Crippen LogP) is 3.90. The van der Waals surface area contributed by atoms with Crippen molar-refractivity contribution in [2.45, 2.75) is 52.5 Å². The lowest BCUT2D eigenvalue weighted by molar-refractivity contribution is -0.117. The molecule has 0 bridgehead atoms. The van der Waals surface area contributed by atoms with Crippen molar-refractivity contribution in [2.24, 2.45) is 0 Å². The Hall–Kier alpha value is -3.88. The highest BCUT2D eigenvalue weighted by molar-refractivity contribution is 6.08. The molecule has 38 heavy (non-hydrogen) atoms. The standard InChI is InChI=1S/C29H36N4O5/c1-7-38-24-13-18-15-32(27(30)19(18)14-20(24)28(36)31-5)16-23(34)17-11-21(29(2,3)4)26(37-6)22(12-17)33-10-8-9-25(33)35/h11-14,30H,7-10,15-16H2,1-6H3,(H,31,36). The summed E-state index contributed by atoms with van der Waals surface area (Å²) in [7, 11) is 3.13. The van der Waals surface area contributed by atoms with Gasteiger partial charge >= 0.3 is 0 Å². The molecule has 2 aliphatic rings. The summed E-state index contributed by atoms with van der Waals surface area (Å²) in [4.78, 5) is 42.1. The number of carbonyl (C=O) groups excluding carboxylic acids is 3. The van der Waals surface area contributed by atoms with Gasteiger partial charge in [-0.25, -0.2) is 0 Å². The van der Waals surface area contributed by atoms with Crippen LogP contribution in [0.4, 0.5) is 5.69 Å². The van der Waals surface area contributed by atoms with Gasteiger partial charge in [0.1, 0.15) is 17.3 Å². The fourth-order valence-electron chi connectivity index (χ4n) is 5.06. The normalized spacial score (nSPS) is 15.1. The highest BCUT2D eigenvalue weighted by Crippen LogP contribution is 2.41. The zero-order chi connectivity index (χ0) is 27.8. The molecule has 2 N–H and O–H groups in total. The Labute approximate surface area is 223 Å². The molecule has 0 aromatic heterocycles. The van der Waals surface area contributed by atoms with E-state index in [4.69, 9.17) is 14.9 Å². The van der Waals surface area contributed by atoms with Crippen molar-refractivity contribution < 1.29 is 23.9 Å². The molecule has 4 rings (SSSR count). The van der Waals surface area contributed by atoms with Crippen LogP contribution in [0.5, 0.6) is 11.5 Å². The quantitative estimate of drug-likeness (QED) is 0.511. The summed E-state index contributed by atoms with van der Waals surface area (Å²) in [5, 5.41) is 11.4. The highest BCUT2D eigenvalue weighted by atomic mass is 16.5. The number of amides is 2. The summed E-state index contributed by atoms with van der Waals surface area (Å²) >= 11 is 0. The number of nitrogens with zero attached hydrogens (tertiary/aromatic N) is 2. The number of carbonyl (C=O) groups is 3. The molecule has 2 heterocycles. The fourth-order valence-corrected chi connectivity index (χ4v) is 5.06. The Balaban J connectivity index is 1.67. The minimum Gasteiger partial charge on any atom is -0.494 e. The van der Waals surface area contributed by atoms with Crippen LogP contribution in [0.1, 0.15) is 77.9 Å². The van der Waals surface area contributed by atoms with E-state index >= 15 is 0 Å². The van der Waals surface area contributed by atoms with E-state index < -0.39 is 0 Å². The van der Waals surface area contributed by atoms with Gasteiger partial charge in [-0.1, -0.05) is 20.8 Å². The summed E-state index contributed by atoms with van der Waals surface area (Å²) in [6.45, 7) is 9.29. The van der Waals surface area contributed by atoms with Gasteiger partial charge in [0, 0.05) is 43.2 Å². The van der Waals surface area contributed by atoms with Gasteiger partial charge in [-0.3, -0.25) is 19.8 Å². The largest absolute Gasteiger partial charge is 0.494 e. The molecule has 2 aromatic carbocycles. The van der Waals surface area contributed by atoms with Crippen LogP contribution in [0.15, 0.2) is 24.3 Å². The molecule has 9 heteroatoms. The first-order valence-corrected chi connectivity index (χ1v) is 12.9. The minimum atomic E-state index is -0.332. The van der Waals surface area contributed by atoms with Crippen LogP contribution in [-0.4, -0.2) is 62.2 Å². The van der Waals surface area contributed by atoms with Gasteiger partial charge in [0.25, 0.3) is 5.91 Å². The van der Waals surface area contributed by atoms with Crippen molar-refractivity contribution in [1.82, 2.24) is 10.2 Å². The van der Waals surface area contributed by atoms with E-state index in [-0.39, 0.29) is 35.4 Å². The van der Waals surface area contributed by atoms with Crippen molar-refractivity contribution in [3.05, 3.63) is 52.1 Å². The molecule has 0 aliphatic carbocycles. The second-order valence-corrected chi connectivity index (χ2v) is 10.6. The molecule has 9 nitrogen and oxygen atoms in total. The van der Waals surface area contributed by atoms with Crippen LogP contribution in [0.25, 0.3) is 0 Å². The summed E-state index contributed by atoms with van der Waals surface area (Å²) in [6.07, 6.45) is 1.23. The summed E-state index contributed by atoms with van der Waals surface area (Å²) in [5.41, 5.74) is 3.38. The van der Waals surface area contributed by atoms with E-state index in [1.165, 1.54) is 0 Å². The van der Waals surface area contributed by atoms with Crippen LogP contribution in [0.3, 0.4) is 0 Å². The number of Topliss-reactive ketones (excluding diaryl/α,β-unsaturated/α-hetero) is 1. The third kappa shape index (κ3) is 4.97. The van der Waals surface area contributed by atoms with Gasteiger partial charge in [0.2, 0.25) is 5.91 Å². The molecule has 1 saturated heterocycles. The number of fused-ring (bicyclic) bond motifs is 1. The number of hydrogen-bond donors (Lipinski definition) is 2. The van der Waals surface area contributed by atoms with Crippen LogP contribution < -0.4 is 19.7 Å². The number of rotatable bonds is 8. The van der Waals surface area contributed by atoms with Crippen molar-refractivity contribution in [2.75, 3.05) is 38.8 Å². The van der Waals surface area contributed by atoms with Gasteiger partial charge in [0.05, 0.1) is 31.5 Å². The zero-order valence-electron chi connectivity index (χ0n) is 23.0. The summed E-state index contributed by atoms with van der Waals surface area (Å²) in [5.74, 6) is 0.797. The van der Waals surface area contributed by atoms with E-state index in [1.807, 2.05) is 33.8 Å². The SMILES string of the molecule is CCOc1cc2c(cc1C(=O)NC)C(=N)N(CC(=O)c1cc(N3CCCC3=O)c(OC)c(C(C)(C)C)c1)C2. The molecule has 0 spiro atoms. The molecule has 1 fully saturated rings. The maximum Gasteiger partial charge on any atom is 0.254 e. The van der Waals surface area contributed by atoms with E-state index in [9.17, 15) is 14.4 Å². The lowest BCUT2D eigenvalue weighted by Gasteiger charge is -2.28. The van der Waals surface area contributed by atoms with Crippen LogP contribution in [0.2, 0.25) is 0 Å². The molecule has 202 valence electrons.